The number of nitrogens with zero attached hydrogens (tertiary/aromatic N) is 1. The molecule has 0 aromatic heterocycles. The lowest BCUT2D eigenvalue weighted by Crippen LogP contribution is -2.27. The number of rotatable bonds is 1. The number of benzene rings is 2. The van der Waals surface area contributed by atoms with Gasteiger partial charge in [0.25, 0.3) is 0 Å². The summed E-state index contributed by atoms with van der Waals surface area (Å²) in [5.74, 6) is -0.302. The molecule has 2 nitrogen and oxygen atoms in total. The molecule has 1 aliphatic heterocycles. The summed E-state index contributed by atoms with van der Waals surface area (Å²) in [6.45, 7) is 4.01. The number of hydrogen-bond acceptors (Lipinski definition) is 1. The van der Waals surface area contributed by atoms with Crippen molar-refractivity contribution < 1.29 is 9.18 Å². The van der Waals surface area contributed by atoms with Crippen molar-refractivity contribution >= 4 is 11.6 Å². The molecule has 0 aliphatic carbocycles. The van der Waals surface area contributed by atoms with Crippen LogP contribution < -0.4 is 4.90 Å². The van der Waals surface area contributed by atoms with Gasteiger partial charge in [0.15, 0.2) is 0 Å². The first-order valence-corrected chi connectivity index (χ1v) is 6.71. The van der Waals surface area contributed by atoms with Gasteiger partial charge in [-0.25, -0.2) is 4.39 Å². The van der Waals surface area contributed by atoms with E-state index in [0.29, 0.717) is 12.1 Å². The molecule has 1 heterocycles. The third-order valence-corrected chi connectivity index (χ3v) is 3.88. The number of amides is 1. The highest BCUT2D eigenvalue weighted by molar-refractivity contribution is 5.94. The van der Waals surface area contributed by atoms with E-state index in [1.807, 2.05) is 37.3 Å². The largest absolute Gasteiger partial charge is 0.311 e. The van der Waals surface area contributed by atoms with Crippen molar-refractivity contribution in [1.29, 1.82) is 0 Å². The highest BCUT2D eigenvalue weighted by Gasteiger charge is 2.32. The number of aryl methyl sites for hydroxylation is 1. The van der Waals surface area contributed by atoms with Gasteiger partial charge in [0, 0.05) is 25.1 Å². The Labute approximate surface area is 117 Å². The first-order valence-electron chi connectivity index (χ1n) is 6.71. The van der Waals surface area contributed by atoms with Crippen LogP contribution in [0.5, 0.6) is 0 Å². The van der Waals surface area contributed by atoms with Crippen molar-refractivity contribution in [2.24, 2.45) is 0 Å². The predicted octanol–water partition coefficient (Wildman–Crippen LogP) is 3.63. The summed E-state index contributed by atoms with van der Waals surface area (Å²) in [6.07, 6.45) is 0. The van der Waals surface area contributed by atoms with Crippen LogP contribution in [-0.2, 0) is 4.79 Å². The van der Waals surface area contributed by atoms with E-state index in [1.165, 1.54) is 6.07 Å². The molecule has 1 aliphatic rings. The standard InChI is InChI=1S/C17H16FNO/c1-11-7-8-16(18)14(9-11)15-10-19(12(2)20)17-6-4-3-5-13(15)17/h3-9,15H,10H2,1-2H3. The Hall–Kier alpha value is -2.16. The first-order chi connectivity index (χ1) is 9.58. The van der Waals surface area contributed by atoms with Crippen LogP contribution >= 0.6 is 0 Å². The minimum Gasteiger partial charge on any atom is -0.311 e. The van der Waals surface area contributed by atoms with E-state index in [4.69, 9.17) is 0 Å². The van der Waals surface area contributed by atoms with Gasteiger partial charge in [-0.1, -0.05) is 35.9 Å². The van der Waals surface area contributed by atoms with E-state index in [1.54, 1.807) is 17.9 Å². The summed E-state index contributed by atoms with van der Waals surface area (Å²) in [5, 5.41) is 0. The zero-order valence-corrected chi connectivity index (χ0v) is 11.6. The van der Waals surface area contributed by atoms with Crippen LogP contribution in [-0.4, -0.2) is 12.5 Å². The number of para-hydroxylation sites is 1. The Bertz CT molecular complexity index is 680. The summed E-state index contributed by atoms with van der Waals surface area (Å²) < 4.78 is 14.1. The molecule has 2 aromatic carbocycles. The van der Waals surface area contributed by atoms with E-state index >= 15 is 0 Å². The third kappa shape index (κ3) is 1.99. The lowest BCUT2D eigenvalue weighted by Gasteiger charge is -2.16. The summed E-state index contributed by atoms with van der Waals surface area (Å²) in [6, 6.07) is 12.9. The maximum Gasteiger partial charge on any atom is 0.223 e. The maximum atomic E-state index is 14.1. The van der Waals surface area contributed by atoms with Crippen LogP contribution in [0.25, 0.3) is 0 Å². The van der Waals surface area contributed by atoms with Crippen molar-refractivity contribution in [1.82, 2.24) is 0 Å². The van der Waals surface area contributed by atoms with Crippen LogP contribution in [0.1, 0.15) is 29.5 Å². The van der Waals surface area contributed by atoms with Crippen LogP contribution in [0.4, 0.5) is 10.1 Å². The van der Waals surface area contributed by atoms with Gasteiger partial charge in [0.05, 0.1) is 0 Å². The Morgan fingerprint density at radius 3 is 2.70 bits per heavy atom. The number of carbonyl (C=O) groups is 1. The maximum absolute atomic E-state index is 14.1. The number of anilines is 1. The molecular formula is C17H16FNO. The van der Waals surface area contributed by atoms with E-state index in [2.05, 4.69) is 0 Å². The number of fused-ring (bicyclic) bond motifs is 1. The van der Waals surface area contributed by atoms with Gasteiger partial charge in [-0.15, -0.1) is 0 Å². The number of hydrogen-bond donors (Lipinski definition) is 0. The normalized spacial score (nSPS) is 17.1. The molecule has 0 radical (unpaired) electrons. The van der Waals surface area contributed by atoms with E-state index < -0.39 is 0 Å². The number of carbonyl (C=O) groups excluding carboxylic acids is 1. The van der Waals surface area contributed by atoms with Gasteiger partial charge in [0.2, 0.25) is 5.91 Å². The molecule has 0 saturated carbocycles. The predicted molar refractivity (Wildman–Crippen MR) is 77.4 cm³/mol. The van der Waals surface area contributed by atoms with Crippen LogP contribution in [0.2, 0.25) is 0 Å². The van der Waals surface area contributed by atoms with Crippen molar-refractivity contribution in [3.63, 3.8) is 0 Å². The highest BCUT2D eigenvalue weighted by atomic mass is 19.1. The molecule has 0 bridgehead atoms. The molecule has 0 saturated heterocycles. The summed E-state index contributed by atoms with van der Waals surface area (Å²) in [7, 11) is 0. The lowest BCUT2D eigenvalue weighted by atomic mass is 9.92. The Morgan fingerprint density at radius 2 is 1.95 bits per heavy atom. The van der Waals surface area contributed by atoms with Gasteiger partial charge in [-0.3, -0.25) is 4.79 Å². The van der Waals surface area contributed by atoms with E-state index in [-0.39, 0.29) is 17.6 Å². The topological polar surface area (TPSA) is 20.3 Å². The average molecular weight is 269 g/mol. The average Bonchev–Trinajstić information content (AvgIpc) is 2.81. The smallest absolute Gasteiger partial charge is 0.223 e. The van der Waals surface area contributed by atoms with Gasteiger partial charge >= 0.3 is 0 Å². The van der Waals surface area contributed by atoms with Crippen molar-refractivity contribution in [3.8, 4) is 0 Å². The van der Waals surface area contributed by atoms with E-state index in [9.17, 15) is 9.18 Å². The van der Waals surface area contributed by atoms with Gasteiger partial charge < -0.3 is 4.90 Å². The first kappa shape index (κ1) is 12.9. The molecule has 20 heavy (non-hydrogen) atoms. The van der Waals surface area contributed by atoms with Gasteiger partial charge in [0.1, 0.15) is 5.82 Å². The van der Waals surface area contributed by atoms with Gasteiger partial charge in [-0.05, 0) is 30.2 Å². The minimum absolute atomic E-state index is 0.00647. The Balaban J connectivity index is 2.12. The zero-order valence-electron chi connectivity index (χ0n) is 11.6. The van der Waals surface area contributed by atoms with Crippen LogP contribution in [0.3, 0.4) is 0 Å². The second-order valence-corrected chi connectivity index (χ2v) is 5.27. The molecule has 102 valence electrons. The second-order valence-electron chi connectivity index (χ2n) is 5.27. The molecular weight excluding hydrogens is 253 g/mol. The number of halogens is 1. The Morgan fingerprint density at radius 1 is 1.20 bits per heavy atom. The van der Waals surface area contributed by atoms with Crippen molar-refractivity contribution in [2.45, 2.75) is 19.8 Å². The van der Waals surface area contributed by atoms with Crippen molar-refractivity contribution in [2.75, 3.05) is 11.4 Å². The molecule has 0 fully saturated rings. The molecule has 3 heteroatoms. The Kier molecular flexibility index (Phi) is 3.05. The minimum atomic E-state index is -0.208. The molecule has 1 amide bonds. The zero-order chi connectivity index (χ0) is 14.3. The quantitative estimate of drug-likeness (QED) is 0.774. The van der Waals surface area contributed by atoms with Crippen molar-refractivity contribution in [3.05, 3.63) is 65.0 Å². The summed E-state index contributed by atoms with van der Waals surface area (Å²) in [4.78, 5) is 13.5. The fraction of sp³-hybridized carbons (Fsp3) is 0.235. The SMILES string of the molecule is CC(=O)N1CC(c2cc(C)ccc2F)c2ccccc21. The fourth-order valence-electron chi connectivity index (χ4n) is 2.90. The van der Waals surface area contributed by atoms with Crippen LogP contribution in [0.15, 0.2) is 42.5 Å². The lowest BCUT2D eigenvalue weighted by molar-refractivity contribution is -0.116. The molecule has 0 N–H and O–H groups in total. The molecule has 3 rings (SSSR count). The monoisotopic (exact) mass is 269 g/mol. The summed E-state index contributed by atoms with van der Waals surface area (Å²) in [5.41, 5.74) is 3.61. The molecule has 1 unspecified atom stereocenters. The van der Waals surface area contributed by atoms with E-state index in [0.717, 1.165) is 16.8 Å². The van der Waals surface area contributed by atoms with Gasteiger partial charge in [-0.2, -0.15) is 0 Å². The molecule has 1 atom stereocenters. The molecule has 0 spiro atoms. The molecule has 2 aromatic rings. The fourth-order valence-corrected chi connectivity index (χ4v) is 2.90. The summed E-state index contributed by atoms with van der Waals surface area (Å²) >= 11 is 0. The third-order valence-electron chi connectivity index (χ3n) is 3.88. The highest BCUT2D eigenvalue weighted by Crippen LogP contribution is 2.40. The van der Waals surface area contributed by atoms with Crippen LogP contribution in [0, 0.1) is 12.7 Å². The second kappa shape index (κ2) is 4.75.